The molecule has 0 N–H and O–H groups in total. The molecule has 2 aromatic heterocycles. The third kappa shape index (κ3) is 3.98. The number of alkyl halides is 6. The topological polar surface area (TPSA) is 60.7 Å². The van der Waals surface area contributed by atoms with Crippen LogP contribution in [0.25, 0.3) is 5.69 Å². The van der Waals surface area contributed by atoms with Crippen molar-refractivity contribution in [2.75, 3.05) is 0 Å². The van der Waals surface area contributed by atoms with E-state index in [9.17, 15) is 31.1 Å². The lowest BCUT2D eigenvalue weighted by molar-refractivity contribution is -0.138. The van der Waals surface area contributed by atoms with Crippen LogP contribution in [-0.2, 0) is 12.4 Å². The molecule has 146 valence electrons. The third-order valence-corrected chi connectivity index (χ3v) is 3.86. The number of nitrogens with zero attached hydrogens (tertiary/aromatic N) is 4. The van der Waals surface area contributed by atoms with Crippen molar-refractivity contribution < 1.29 is 31.1 Å². The van der Waals surface area contributed by atoms with Crippen molar-refractivity contribution in [2.24, 2.45) is 0 Å². The fourth-order valence-electron chi connectivity index (χ4n) is 2.18. The molecular formula is C16H7ClF6N4O. The molecule has 2 heterocycles. The van der Waals surface area contributed by atoms with E-state index in [1.165, 1.54) is 0 Å². The molecule has 3 aromatic rings. The highest BCUT2D eigenvalue weighted by molar-refractivity contribution is 6.34. The van der Waals surface area contributed by atoms with E-state index in [-0.39, 0.29) is 11.4 Å². The molecule has 12 heteroatoms. The molecule has 0 aliphatic heterocycles. The molecule has 0 bridgehead atoms. The Kier molecular flexibility index (Phi) is 4.88. The minimum atomic E-state index is -4.68. The first-order valence-corrected chi connectivity index (χ1v) is 7.72. The van der Waals surface area contributed by atoms with Crippen LogP contribution >= 0.6 is 11.6 Å². The Bertz CT molecular complexity index is 1030. The second-order valence-electron chi connectivity index (χ2n) is 5.47. The number of pyridine rings is 1. The van der Waals surface area contributed by atoms with Crippen molar-refractivity contribution >= 4 is 17.4 Å². The van der Waals surface area contributed by atoms with Crippen molar-refractivity contribution in [3.05, 3.63) is 70.3 Å². The van der Waals surface area contributed by atoms with E-state index in [0.717, 1.165) is 35.1 Å². The SMILES string of the molecule is O=C(c1cn(-c2ccc(C(F)(F)F)cc2)nn1)c1ncc(C(F)(F)F)cc1Cl. The van der Waals surface area contributed by atoms with Crippen molar-refractivity contribution in [3.8, 4) is 5.69 Å². The van der Waals surface area contributed by atoms with Crippen LogP contribution in [-0.4, -0.2) is 25.8 Å². The first kappa shape index (κ1) is 19.8. The maximum atomic E-state index is 12.6. The summed E-state index contributed by atoms with van der Waals surface area (Å²) < 4.78 is 76.7. The van der Waals surface area contributed by atoms with Gasteiger partial charge in [-0.25, -0.2) is 4.68 Å². The number of rotatable bonds is 3. The summed E-state index contributed by atoms with van der Waals surface area (Å²) in [5, 5.41) is 6.67. The Balaban J connectivity index is 1.87. The van der Waals surface area contributed by atoms with Crippen LogP contribution in [0.4, 0.5) is 26.3 Å². The molecule has 0 aliphatic carbocycles. The average Bonchev–Trinajstić information content (AvgIpc) is 3.10. The largest absolute Gasteiger partial charge is 0.417 e. The van der Waals surface area contributed by atoms with Gasteiger partial charge in [-0.2, -0.15) is 26.3 Å². The third-order valence-electron chi connectivity index (χ3n) is 3.57. The number of halogens is 7. The van der Waals surface area contributed by atoms with E-state index in [2.05, 4.69) is 15.3 Å². The van der Waals surface area contributed by atoms with Crippen LogP contribution in [0.5, 0.6) is 0 Å². The first-order valence-electron chi connectivity index (χ1n) is 7.34. The van der Waals surface area contributed by atoms with E-state index < -0.39 is 40.0 Å². The highest BCUT2D eigenvalue weighted by atomic mass is 35.5. The van der Waals surface area contributed by atoms with Crippen LogP contribution < -0.4 is 0 Å². The zero-order valence-electron chi connectivity index (χ0n) is 13.4. The van der Waals surface area contributed by atoms with Gasteiger partial charge in [0.2, 0.25) is 5.78 Å². The summed E-state index contributed by atoms with van der Waals surface area (Å²) in [6.07, 6.45) is -7.63. The maximum absolute atomic E-state index is 12.6. The van der Waals surface area contributed by atoms with Gasteiger partial charge >= 0.3 is 12.4 Å². The maximum Gasteiger partial charge on any atom is 0.417 e. The minimum Gasteiger partial charge on any atom is -0.285 e. The van der Waals surface area contributed by atoms with Gasteiger partial charge in [-0.1, -0.05) is 16.8 Å². The Morgan fingerprint density at radius 3 is 2.11 bits per heavy atom. The fourth-order valence-corrected chi connectivity index (χ4v) is 2.43. The van der Waals surface area contributed by atoms with Crippen LogP contribution in [0, 0.1) is 0 Å². The Labute approximate surface area is 157 Å². The molecule has 0 radical (unpaired) electrons. The van der Waals surface area contributed by atoms with E-state index in [0.29, 0.717) is 12.3 Å². The molecule has 0 spiro atoms. The lowest BCUT2D eigenvalue weighted by atomic mass is 10.1. The summed E-state index contributed by atoms with van der Waals surface area (Å²) in [5.74, 6) is -0.892. The molecule has 0 atom stereocenters. The molecule has 3 rings (SSSR count). The van der Waals surface area contributed by atoms with E-state index in [1.54, 1.807) is 0 Å². The van der Waals surface area contributed by atoms with Crippen LogP contribution in [0.1, 0.15) is 27.3 Å². The molecule has 5 nitrogen and oxygen atoms in total. The second-order valence-corrected chi connectivity index (χ2v) is 5.88. The predicted molar refractivity (Wildman–Crippen MR) is 84.0 cm³/mol. The molecule has 0 unspecified atom stereocenters. The molecule has 0 fully saturated rings. The number of carbonyl (C=O) groups is 1. The number of carbonyl (C=O) groups excluding carboxylic acids is 1. The molecule has 0 saturated carbocycles. The molecule has 28 heavy (non-hydrogen) atoms. The summed E-state index contributed by atoms with van der Waals surface area (Å²) in [6, 6.07) is 4.45. The predicted octanol–water partition coefficient (Wildman–Crippen LogP) is 4.58. The van der Waals surface area contributed by atoms with Crippen LogP contribution in [0.15, 0.2) is 42.7 Å². The van der Waals surface area contributed by atoms with E-state index in [4.69, 9.17) is 11.6 Å². The number of benzene rings is 1. The standard InChI is InChI=1S/C16H7ClF6N4O/c17-11-5-9(16(21,22)23)6-24-13(11)14(28)12-7-27(26-25-12)10-3-1-8(2-4-10)15(18,19)20/h1-7H. The Hall–Kier alpha value is -2.95. The van der Waals surface area contributed by atoms with Crippen molar-refractivity contribution in [1.29, 1.82) is 0 Å². The van der Waals surface area contributed by atoms with Crippen molar-refractivity contribution in [3.63, 3.8) is 0 Å². The van der Waals surface area contributed by atoms with Gasteiger partial charge in [0.15, 0.2) is 5.69 Å². The zero-order chi connectivity index (χ0) is 20.7. The smallest absolute Gasteiger partial charge is 0.285 e. The quantitative estimate of drug-likeness (QED) is 0.459. The molecule has 0 aliphatic rings. The summed E-state index contributed by atoms with van der Waals surface area (Å²) in [6.45, 7) is 0. The minimum absolute atomic E-state index is 0.186. The van der Waals surface area contributed by atoms with Gasteiger partial charge < -0.3 is 0 Å². The molecule has 0 amide bonds. The summed E-state index contributed by atoms with van der Waals surface area (Å²) >= 11 is 5.72. The van der Waals surface area contributed by atoms with Crippen molar-refractivity contribution in [1.82, 2.24) is 20.0 Å². The molecular weight excluding hydrogens is 414 g/mol. The first-order chi connectivity index (χ1) is 13.0. The van der Waals surface area contributed by atoms with Gasteiger partial charge in [-0.05, 0) is 30.3 Å². The van der Waals surface area contributed by atoms with Gasteiger partial charge in [0.05, 0.1) is 28.0 Å². The zero-order valence-corrected chi connectivity index (χ0v) is 14.1. The van der Waals surface area contributed by atoms with Crippen LogP contribution in [0.3, 0.4) is 0 Å². The number of hydrogen-bond acceptors (Lipinski definition) is 4. The summed E-state index contributed by atoms with van der Waals surface area (Å²) in [5.41, 5.74) is -2.56. The van der Waals surface area contributed by atoms with Gasteiger partial charge in [-0.3, -0.25) is 9.78 Å². The van der Waals surface area contributed by atoms with E-state index in [1.807, 2.05) is 0 Å². The van der Waals surface area contributed by atoms with Gasteiger partial charge in [0.25, 0.3) is 0 Å². The van der Waals surface area contributed by atoms with Gasteiger partial charge in [-0.15, -0.1) is 5.10 Å². The van der Waals surface area contributed by atoms with Crippen molar-refractivity contribution in [2.45, 2.75) is 12.4 Å². The highest BCUT2D eigenvalue weighted by Gasteiger charge is 2.33. The highest BCUT2D eigenvalue weighted by Crippen LogP contribution is 2.32. The Morgan fingerprint density at radius 2 is 1.57 bits per heavy atom. The normalized spacial score (nSPS) is 12.2. The lowest BCUT2D eigenvalue weighted by Crippen LogP contribution is -2.10. The fraction of sp³-hybridized carbons (Fsp3) is 0.125. The monoisotopic (exact) mass is 420 g/mol. The summed E-state index contributed by atoms with van der Waals surface area (Å²) in [4.78, 5) is 15.8. The number of ketones is 1. The Morgan fingerprint density at radius 1 is 0.964 bits per heavy atom. The van der Waals surface area contributed by atoms with Gasteiger partial charge in [0.1, 0.15) is 5.69 Å². The molecule has 0 saturated heterocycles. The number of hydrogen-bond donors (Lipinski definition) is 0. The van der Waals surface area contributed by atoms with E-state index >= 15 is 0 Å². The summed E-state index contributed by atoms with van der Waals surface area (Å²) in [7, 11) is 0. The lowest BCUT2D eigenvalue weighted by Gasteiger charge is -2.07. The van der Waals surface area contributed by atoms with Crippen LogP contribution in [0.2, 0.25) is 5.02 Å². The van der Waals surface area contributed by atoms with Gasteiger partial charge in [0, 0.05) is 6.20 Å². The number of aromatic nitrogens is 4. The molecule has 1 aromatic carbocycles. The second kappa shape index (κ2) is 6.89. The average molecular weight is 421 g/mol.